The van der Waals surface area contributed by atoms with Gasteiger partial charge in [-0.2, -0.15) is 0 Å². The van der Waals surface area contributed by atoms with Crippen LogP contribution in [0.1, 0.15) is 26.3 Å². The molecule has 1 rings (SSSR count). The molecule has 0 saturated heterocycles. The van der Waals surface area contributed by atoms with Crippen LogP contribution in [0.25, 0.3) is 6.08 Å². The van der Waals surface area contributed by atoms with Gasteiger partial charge in [0.2, 0.25) is 5.70 Å². The Labute approximate surface area is 106 Å². The Morgan fingerprint density at radius 3 is 2.72 bits per heavy atom. The number of aromatic hydroxyl groups is 1. The molecule has 0 bridgehead atoms. The molecule has 0 aliphatic carbocycles. The number of phenolic OH excluding ortho intramolecular Hbond substituents is 1. The van der Waals surface area contributed by atoms with E-state index in [0.29, 0.717) is 17.9 Å². The SMILES string of the molecule is CCOc1cc(/C=C(/C(C)C)[N+](=O)[O-])ccc1O. The van der Waals surface area contributed by atoms with Gasteiger partial charge in [-0.15, -0.1) is 0 Å². The minimum absolute atomic E-state index is 0.0289. The zero-order valence-corrected chi connectivity index (χ0v) is 10.7. The van der Waals surface area contributed by atoms with Crippen LogP contribution in [-0.4, -0.2) is 16.6 Å². The molecule has 1 aromatic carbocycles. The lowest BCUT2D eigenvalue weighted by Gasteiger charge is -2.07. The number of hydrogen-bond acceptors (Lipinski definition) is 4. The van der Waals surface area contributed by atoms with E-state index in [1.54, 1.807) is 32.9 Å². The standard InChI is InChI=1S/C13H17NO4/c1-4-18-13-8-10(5-6-12(13)15)7-11(9(2)3)14(16)17/h5-9,15H,4H2,1-3H3/b11-7-. The first-order chi connectivity index (χ1) is 8.45. The first-order valence-corrected chi connectivity index (χ1v) is 5.77. The Bertz CT molecular complexity index is 466. The Balaban J connectivity index is 3.13. The van der Waals surface area contributed by atoms with Crippen molar-refractivity contribution in [3.8, 4) is 11.5 Å². The van der Waals surface area contributed by atoms with Crippen LogP contribution in [0.4, 0.5) is 0 Å². The predicted molar refractivity (Wildman–Crippen MR) is 69.1 cm³/mol. The topological polar surface area (TPSA) is 72.6 Å². The van der Waals surface area contributed by atoms with Gasteiger partial charge in [-0.1, -0.05) is 19.9 Å². The monoisotopic (exact) mass is 251 g/mol. The fraction of sp³-hybridized carbons (Fsp3) is 0.385. The van der Waals surface area contributed by atoms with Crippen molar-refractivity contribution in [1.82, 2.24) is 0 Å². The van der Waals surface area contributed by atoms with Crippen LogP contribution in [0, 0.1) is 16.0 Å². The van der Waals surface area contributed by atoms with Gasteiger partial charge in [0.15, 0.2) is 11.5 Å². The van der Waals surface area contributed by atoms with E-state index in [4.69, 9.17) is 4.74 Å². The maximum atomic E-state index is 10.9. The summed E-state index contributed by atoms with van der Waals surface area (Å²) >= 11 is 0. The molecule has 0 amide bonds. The van der Waals surface area contributed by atoms with Crippen molar-refractivity contribution in [2.75, 3.05) is 6.61 Å². The lowest BCUT2D eigenvalue weighted by molar-refractivity contribution is -0.431. The van der Waals surface area contributed by atoms with E-state index < -0.39 is 4.92 Å². The quantitative estimate of drug-likeness (QED) is 0.644. The third-order valence-electron chi connectivity index (χ3n) is 2.40. The summed E-state index contributed by atoms with van der Waals surface area (Å²) in [6, 6.07) is 4.67. The number of nitro groups is 1. The zero-order chi connectivity index (χ0) is 13.7. The molecule has 0 radical (unpaired) electrons. The highest BCUT2D eigenvalue weighted by Gasteiger charge is 2.16. The second kappa shape index (κ2) is 6.05. The second-order valence-corrected chi connectivity index (χ2v) is 4.14. The third-order valence-corrected chi connectivity index (χ3v) is 2.40. The van der Waals surface area contributed by atoms with Gasteiger partial charge in [-0.05, 0) is 24.6 Å². The summed E-state index contributed by atoms with van der Waals surface area (Å²) in [4.78, 5) is 10.5. The second-order valence-electron chi connectivity index (χ2n) is 4.14. The molecule has 18 heavy (non-hydrogen) atoms. The van der Waals surface area contributed by atoms with Gasteiger partial charge in [0.1, 0.15) is 0 Å². The van der Waals surface area contributed by atoms with Gasteiger partial charge >= 0.3 is 0 Å². The summed E-state index contributed by atoms with van der Waals surface area (Å²) in [6.45, 7) is 5.75. The molecule has 0 aliphatic rings. The van der Waals surface area contributed by atoms with E-state index in [9.17, 15) is 15.2 Å². The summed E-state index contributed by atoms with van der Waals surface area (Å²) in [6.07, 6.45) is 1.49. The van der Waals surface area contributed by atoms with Crippen LogP contribution in [-0.2, 0) is 0 Å². The van der Waals surface area contributed by atoms with Gasteiger partial charge in [-0.25, -0.2) is 0 Å². The van der Waals surface area contributed by atoms with Gasteiger partial charge in [0, 0.05) is 12.0 Å². The first-order valence-electron chi connectivity index (χ1n) is 5.77. The zero-order valence-electron chi connectivity index (χ0n) is 10.7. The van der Waals surface area contributed by atoms with Crippen molar-refractivity contribution in [2.24, 2.45) is 5.92 Å². The number of hydrogen-bond donors (Lipinski definition) is 1. The molecule has 0 unspecified atom stereocenters. The van der Waals surface area contributed by atoms with Crippen LogP contribution >= 0.6 is 0 Å². The predicted octanol–water partition coefficient (Wildman–Crippen LogP) is 3.06. The molecule has 1 N–H and O–H groups in total. The maximum absolute atomic E-state index is 10.9. The molecule has 0 atom stereocenters. The van der Waals surface area contributed by atoms with Crippen LogP contribution in [0.3, 0.4) is 0 Å². The molecule has 0 spiro atoms. The molecule has 0 aromatic heterocycles. The molecule has 1 aromatic rings. The Morgan fingerprint density at radius 2 is 2.22 bits per heavy atom. The van der Waals surface area contributed by atoms with Crippen molar-refractivity contribution >= 4 is 6.08 Å². The van der Waals surface area contributed by atoms with Gasteiger partial charge in [-0.3, -0.25) is 10.1 Å². The Morgan fingerprint density at radius 1 is 1.56 bits per heavy atom. The largest absolute Gasteiger partial charge is 0.504 e. The minimum Gasteiger partial charge on any atom is -0.504 e. The van der Waals surface area contributed by atoms with Crippen molar-refractivity contribution in [3.05, 3.63) is 39.6 Å². The van der Waals surface area contributed by atoms with Crippen molar-refractivity contribution in [3.63, 3.8) is 0 Å². The molecule has 5 nitrogen and oxygen atoms in total. The third kappa shape index (κ3) is 3.48. The molecule has 5 heteroatoms. The normalized spacial score (nSPS) is 11.7. The van der Waals surface area contributed by atoms with E-state index in [1.807, 2.05) is 0 Å². The summed E-state index contributed by atoms with van der Waals surface area (Å²) in [5, 5.41) is 20.4. The lowest BCUT2D eigenvalue weighted by Crippen LogP contribution is -2.05. The van der Waals surface area contributed by atoms with Crippen LogP contribution in [0.2, 0.25) is 0 Å². The summed E-state index contributed by atoms with van der Waals surface area (Å²) in [5.74, 6) is 0.184. The number of nitrogens with zero attached hydrogens (tertiary/aromatic N) is 1. The van der Waals surface area contributed by atoms with Gasteiger partial charge in [0.05, 0.1) is 11.5 Å². The van der Waals surface area contributed by atoms with E-state index >= 15 is 0 Å². The Kier molecular flexibility index (Phi) is 4.71. The number of phenols is 1. The van der Waals surface area contributed by atoms with Crippen molar-refractivity contribution in [1.29, 1.82) is 0 Å². The fourth-order valence-electron chi connectivity index (χ4n) is 1.49. The van der Waals surface area contributed by atoms with E-state index in [1.165, 1.54) is 12.1 Å². The van der Waals surface area contributed by atoms with Crippen LogP contribution in [0.15, 0.2) is 23.9 Å². The maximum Gasteiger partial charge on any atom is 0.249 e. The minimum atomic E-state index is -0.391. The Hall–Kier alpha value is -2.04. The molecule has 0 saturated carbocycles. The van der Waals surface area contributed by atoms with Crippen molar-refractivity contribution in [2.45, 2.75) is 20.8 Å². The molecular weight excluding hydrogens is 234 g/mol. The lowest BCUT2D eigenvalue weighted by atomic mass is 10.1. The number of benzene rings is 1. The highest BCUT2D eigenvalue weighted by molar-refractivity contribution is 5.56. The smallest absolute Gasteiger partial charge is 0.249 e. The van der Waals surface area contributed by atoms with Gasteiger partial charge in [0.25, 0.3) is 0 Å². The van der Waals surface area contributed by atoms with Crippen LogP contribution in [0.5, 0.6) is 11.5 Å². The van der Waals surface area contributed by atoms with E-state index in [0.717, 1.165) is 0 Å². The average Bonchev–Trinajstić information content (AvgIpc) is 2.29. The van der Waals surface area contributed by atoms with Crippen LogP contribution < -0.4 is 4.74 Å². The number of rotatable bonds is 5. The van der Waals surface area contributed by atoms with Crippen molar-refractivity contribution < 1.29 is 14.8 Å². The summed E-state index contributed by atoms with van der Waals surface area (Å²) < 4.78 is 5.23. The molecular formula is C13H17NO4. The molecule has 0 heterocycles. The fourth-order valence-corrected chi connectivity index (χ4v) is 1.49. The number of ether oxygens (including phenoxy) is 1. The highest BCUT2D eigenvalue weighted by Crippen LogP contribution is 2.28. The van der Waals surface area contributed by atoms with E-state index in [2.05, 4.69) is 0 Å². The first kappa shape index (κ1) is 14.0. The summed E-state index contributed by atoms with van der Waals surface area (Å²) in [7, 11) is 0. The van der Waals surface area contributed by atoms with E-state index in [-0.39, 0.29) is 17.4 Å². The summed E-state index contributed by atoms with van der Waals surface area (Å²) in [5.41, 5.74) is 0.764. The molecule has 98 valence electrons. The average molecular weight is 251 g/mol. The highest BCUT2D eigenvalue weighted by atomic mass is 16.6. The van der Waals surface area contributed by atoms with Gasteiger partial charge < -0.3 is 9.84 Å². The molecule has 0 aliphatic heterocycles. The number of allylic oxidation sites excluding steroid dienone is 1. The molecule has 0 fully saturated rings.